The fourth-order valence-electron chi connectivity index (χ4n) is 5.13. The molecule has 1 aliphatic rings. The molecule has 10 heteroatoms. The van der Waals surface area contributed by atoms with E-state index in [0.29, 0.717) is 18.4 Å². The summed E-state index contributed by atoms with van der Waals surface area (Å²) in [7, 11) is 0. The predicted octanol–water partition coefficient (Wildman–Crippen LogP) is 1.79. The lowest BCUT2D eigenvalue weighted by molar-refractivity contribution is -0.149. The van der Waals surface area contributed by atoms with Gasteiger partial charge in [-0.15, -0.1) is 0 Å². The zero-order valence-electron chi connectivity index (χ0n) is 23.2. The van der Waals surface area contributed by atoms with Gasteiger partial charge in [-0.1, -0.05) is 72.8 Å². The van der Waals surface area contributed by atoms with Crippen LogP contribution in [0.3, 0.4) is 0 Å². The van der Waals surface area contributed by atoms with Crippen LogP contribution in [0.15, 0.2) is 84.9 Å². The van der Waals surface area contributed by atoms with Crippen LogP contribution in [-0.4, -0.2) is 69.5 Å². The molecule has 4 unspecified atom stereocenters. The summed E-state index contributed by atoms with van der Waals surface area (Å²) >= 11 is 0. The molecule has 0 radical (unpaired) electrons. The first kappa shape index (κ1) is 30.3. The van der Waals surface area contributed by atoms with Crippen LogP contribution in [0.4, 0.5) is 0 Å². The Kier molecular flexibility index (Phi) is 10.3. The lowest BCUT2D eigenvalue weighted by Gasteiger charge is -2.29. The van der Waals surface area contributed by atoms with Crippen LogP contribution in [-0.2, 0) is 38.4 Å². The SMILES string of the molecule is NC(Cc1ccccc1)C(=O)NC(Cc1ccc(O)cc1)C(=O)NC(Cc1ccccc1)C(=O)N1CCCC1C(=O)O. The largest absolute Gasteiger partial charge is 0.508 e. The minimum absolute atomic E-state index is 0.0563. The number of carboxylic acids is 1. The van der Waals surface area contributed by atoms with Crippen LogP contribution in [0.2, 0.25) is 0 Å². The number of aliphatic carboxylic acids is 1. The fourth-order valence-corrected chi connectivity index (χ4v) is 5.13. The molecule has 3 amide bonds. The number of rotatable bonds is 12. The number of carboxylic acid groups (broad SMARTS) is 1. The molecule has 0 aromatic heterocycles. The smallest absolute Gasteiger partial charge is 0.326 e. The van der Waals surface area contributed by atoms with Gasteiger partial charge in [0.05, 0.1) is 6.04 Å². The standard InChI is InChI=1S/C32H36N4O6/c33-25(18-21-8-3-1-4-9-21)29(38)34-26(19-23-13-15-24(37)16-14-23)30(39)35-27(20-22-10-5-2-6-11-22)31(40)36-17-7-12-28(36)32(41)42/h1-6,8-11,13-16,25-28,37H,7,12,17-20,33H2,(H,34,38)(H,35,39)(H,41,42). The number of likely N-dealkylation sites (tertiary alicyclic amines) is 1. The van der Waals surface area contributed by atoms with Crippen LogP contribution < -0.4 is 16.4 Å². The number of nitrogens with one attached hydrogen (secondary N) is 2. The third-order valence-electron chi connectivity index (χ3n) is 7.36. The summed E-state index contributed by atoms with van der Waals surface area (Å²) in [6, 6.07) is 20.6. The molecule has 42 heavy (non-hydrogen) atoms. The van der Waals surface area contributed by atoms with Crippen molar-refractivity contribution < 1.29 is 29.4 Å². The summed E-state index contributed by atoms with van der Waals surface area (Å²) in [5.74, 6) is -2.67. The van der Waals surface area contributed by atoms with Gasteiger partial charge in [-0.25, -0.2) is 4.79 Å². The van der Waals surface area contributed by atoms with Crippen molar-refractivity contribution in [3.05, 3.63) is 102 Å². The highest BCUT2D eigenvalue weighted by molar-refractivity contribution is 5.94. The number of nitrogens with zero attached hydrogens (tertiary/aromatic N) is 1. The molecule has 4 atom stereocenters. The highest BCUT2D eigenvalue weighted by atomic mass is 16.4. The van der Waals surface area contributed by atoms with Crippen LogP contribution in [0, 0.1) is 0 Å². The maximum absolute atomic E-state index is 13.8. The number of hydrogen-bond donors (Lipinski definition) is 5. The number of phenols is 1. The highest BCUT2D eigenvalue weighted by Crippen LogP contribution is 2.20. The average Bonchev–Trinajstić information content (AvgIpc) is 3.49. The topological polar surface area (TPSA) is 162 Å². The van der Waals surface area contributed by atoms with Crippen LogP contribution in [0.25, 0.3) is 0 Å². The number of phenolic OH excluding ortho intramolecular Hbond substituents is 1. The maximum Gasteiger partial charge on any atom is 0.326 e. The Bertz CT molecular complexity index is 1370. The minimum Gasteiger partial charge on any atom is -0.508 e. The molecule has 0 saturated carbocycles. The summed E-state index contributed by atoms with van der Waals surface area (Å²) in [6.45, 7) is 0.277. The van der Waals surface area contributed by atoms with Crippen molar-refractivity contribution >= 4 is 23.7 Å². The van der Waals surface area contributed by atoms with E-state index < -0.39 is 47.9 Å². The van der Waals surface area contributed by atoms with E-state index in [1.165, 1.54) is 17.0 Å². The van der Waals surface area contributed by atoms with Crippen molar-refractivity contribution in [1.82, 2.24) is 15.5 Å². The Morgan fingerprint density at radius 3 is 1.88 bits per heavy atom. The van der Waals surface area contributed by atoms with Gasteiger partial charge in [0, 0.05) is 19.4 Å². The van der Waals surface area contributed by atoms with Gasteiger partial charge in [0.15, 0.2) is 0 Å². The van der Waals surface area contributed by atoms with Gasteiger partial charge in [0.1, 0.15) is 23.9 Å². The summed E-state index contributed by atoms with van der Waals surface area (Å²) in [4.78, 5) is 53.7. The number of amides is 3. The number of hydrogen-bond acceptors (Lipinski definition) is 6. The molecule has 6 N–H and O–H groups in total. The third kappa shape index (κ3) is 8.17. The Labute approximate surface area is 244 Å². The molecule has 0 aliphatic carbocycles. The van der Waals surface area contributed by atoms with Crippen molar-refractivity contribution in [3.63, 3.8) is 0 Å². The number of carbonyl (C=O) groups excluding carboxylic acids is 3. The molecule has 0 bridgehead atoms. The lowest BCUT2D eigenvalue weighted by Crippen LogP contribution is -2.58. The average molecular weight is 573 g/mol. The van der Waals surface area contributed by atoms with Crippen LogP contribution >= 0.6 is 0 Å². The first-order chi connectivity index (χ1) is 20.2. The summed E-state index contributed by atoms with van der Waals surface area (Å²) in [5.41, 5.74) is 8.51. The summed E-state index contributed by atoms with van der Waals surface area (Å²) in [6.07, 6.45) is 1.37. The normalized spacial score (nSPS) is 16.7. The molecule has 1 saturated heterocycles. The summed E-state index contributed by atoms with van der Waals surface area (Å²) < 4.78 is 0. The molecule has 3 aromatic carbocycles. The molecule has 4 rings (SSSR count). The number of nitrogens with two attached hydrogens (primary N) is 1. The monoisotopic (exact) mass is 572 g/mol. The third-order valence-corrected chi connectivity index (χ3v) is 7.36. The van der Waals surface area contributed by atoms with Crippen molar-refractivity contribution in [2.45, 2.75) is 56.3 Å². The van der Waals surface area contributed by atoms with E-state index in [2.05, 4.69) is 10.6 Å². The van der Waals surface area contributed by atoms with Crippen LogP contribution in [0.1, 0.15) is 29.5 Å². The van der Waals surface area contributed by atoms with Crippen molar-refractivity contribution in [3.8, 4) is 5.75 Å². The molecular formula is C32H36N4O6. The van der Waals surface area contributed by atoms with E-state index in [-0.39, 0.29) is 31.6 Å². The molecule has 3 aromatic rings. The molecule has 10 nitrogen and oxygen atoms in total. The second-order valence-electron chi connectivity index (χ2n) is 10.5. The van der Waals surface area contributed by atoms with E-state index in [9.17, 15) is 29.4 Å². The van der Waals surface area contributed by atoms with Crippen molar-refractivity contribution in [2.75, 3.05) is 6.54 Å². The van der Waals surface area contributed by atoms with E-state index in [0.717, 1.165) is 11.1 Å². The molecule has 1 aliphatic heterocycles. The number of benzene rings is 3. The quantitative estimate of drug-likeness (QED) is 0.221. The molecular weight excluding hydrogens is 536 g/mol. The zero-order chi connectivity index (χ0) is 30.1. The maximum atomic E-state index is 13.8. The molecule has 0 spiro atoms. The highest BCUT2D eigenvalue weighted by Gasteiger charge is 2.38. The second kappa shape index (κ2) is 14.3. The van der Waals surface area contributed by atoms with Crippen LogP contribution in [0.5, 0.6) is 5.75 Å². The Hall–Kier alpha value is -4.70. The summed E-state index contributed by atoms with van der Waals surface area (Å²) in [5, 5.41) is 24.9. The Morgan fingerprint density at radius 1 is 0.762 bits per heavy atom. The molecule has 1 heterocycles. The Morgan fingerprint density at radius 2 is 1.29 bits per heavy atom. The van der Waals surface area contributed by atoms with Crippen molar-refractivity contribution in [2.24, 2.45) is 5.73 Å². The van der Waals surface area contributed by atoms with Gasteiger partial charge in [-0.05, 0) is 48.1 Å². The van der Waals surface area contributed by atoms with E-state index in [1.54, 1.807) is 12.1 Å². The number of aromatic hydroxyl groups is 1. The number of carbonyl (C=O) groups is 4. The van der Waals surface area contributed by atoms with Gasteiger partial charge in [0.25, 0.3) is 0 Å². The fraction of sp³-hybridized carbons (Fsp3) is 0.312. The first-order valence-corrected chi connectivity index (χ1v) is 14.0. The molecule has 1 fully saturated rings. The predicted molar refractivity (Wildman–Crippen MR) is 156 cm³/mol. The Balaban J connectivity index is 1.56. The van der Waals surface area contributed by atoms with Crippen molar-refractivity contribution in [1.29, 1.82) is 0 Å². The molecule has 220 valence electrons. The minimum atomic E-state index is -1.09. The van der Waals surface area contributed by atoms with Gasteiger partial charge in [-0.3, -0.25) is 14.4 Å². The van der Waals surface area contributed by atoms with Gasteiger partial charge in [0.2, 0.25) is 17.7 Å². The lowest BCUT2D eigenvalue weighted by atomic mass is 10.0. The second-order valence-corrected chi connectivity index (χ2v) is 10.5. The van der Waals surface area contributed by atoms with E-state index in [1.807, 2.05) is 60.7 Å². The first-order valence-electron chi connectivity index (χ1n) is 14.0. The van der Waals surface area contributed by atoms with Gasteiger partial charge >= 0.3 is 5.97 Å². The van der Waals surface area contributed by atoms with E-state index in [4.69, 9.17) is 5.73 Å². The van der Waals surface area contributed by atoms with Gasteiger partial charge < -0.3 is 31.5 Å². The van der Waals surface area contributed by atoms with Gasteiger partial charge in [-0.2, -0.15) is 0 Å². The zero-order valence-corrected chi connectivity index (χ0v) is 23.2. The van der Waals surface area contributed by atoms with E-state index >= 15 is 0 Å².